The van der Waals surface area contributed by atoms with Crippen LogP contribution in [-0.2, 0) is 39.5 Å². The highest BCUT2D eigenvalue weighted by molar-refractivity contribution is 6.09. The number of aromatic nitrogens is 3. The Morgan fingerprint density at radius 2 is 1.90 bits per heavy atom. The molecule has 0 radical (unpaired) electrons. The molecule has 0 aliphatic carbocycles. The number of anilines is 1. The summed E-state index contributed by atoms with van der Waals surface area (Å²) < 4.78 is 3.94. The molecule has 8 heteroatoms. The maximum Gasteiger partial charge on any atom is 0.260 e. The Balaban J connectivity index is 1.22. The van der Waals surface area contributed by atoms with Gasteiger partial charge in [-0.2, -0.15) is 0 Å². The summed E-state index contributed by atoms with van der Waals surface area (Å²) in [5, 5.41) is 13.9. The van der Waals surface area contributed by atoms with Gasteiger partial charge in [-0.1, -0.05) is 18.2 Å². The molecule has 0 atom stereocenters. The number of aryl methyl sites for hydroxylation is 2. The van der Waals surface area contributed by atoms with Crippen LogP contribution >= 0.6 is 0 Å². The van der Waals surface area contributed by atoms with Crippen molar-refractivity contribution in [2.45, 2.75) is 51.2 Å². The zero-order valence-corrected chi connectivity index (χ0v) is 23.4. The van der Waals surface area contributed by atoms with Crippen LogP contribution in [0.5, 0.6) is 0 Å². The first kappa shape index (κ1) is 25.9. The van der Waals surface area contributed by atoms with E-state index in [9.17, 15) is 14.7 Å². The van der Waals surface area contributed by atoms with Crippen molar-refractivity contribution in [2.24, 2.45) is 7.05 Å². The highest BCUT2D eigenvalue weighted by atomic mass is 16.3. The Kier molecular flexibility index (Phi) is 6.60. The van der Waals surface area contributed by atoms with Crippen molar-refractivity contribution in [1.29, 1.82) is 0 Å². The van der Waals surface area contributed by atoms with Crippen LogP contribution in [0, 0.1) is 0 Å². The minimum atomic E-state index is -0.217. The van der Waals surface area contributed by atoms with Gasteiger partial charge in [0.25, 0.3) is 11.5 Å². The van der Waals surface area contributed by atoms with Gasteiger partial charge >= 0.3 is 0 Å². The number of hydrogen-bond acceptors (Lipinski definition) is 5. The van der Waals surface area contributed by atoms with Crippen LogP contribution in [0.15, 0.2) is 59.7 Å². The van der Waals surface area contributed by atoms with Crippen LogP contribution in [0.1, 0.15) is 62.9 Å². The predicted octanol–water partition coefficient (Wildman–Crippen LogP) is 3.56. The van der Waals surface area contributed by atoms with Crippen LogP contribution in [0.3, 0.4) is 0 Å². The molecular formula is C33H35N5O3. The number of fused-ring (bicyclic) bond motifs is 3. The van der Waals surface area contributed by atoms with Crippen LogP contribution in [0.2, 0.25) is 0 Å². The molecular weight excluding hydrogens is 514 g/mol. The number of nitrogens with one attached hydrogen (secondary N) is 1. The Morgan fingerprint density at radius 1 is 1.02 bits per heavy atom. The second-order valence-corrected chi connectivity index (χ2v) is 11.6. The number of carbonyl (C=O) groups is 1. The molecule has 1 saturated heterocycles. The van der Waals surface area contributed by atoms with Gasteiger partial charge in [-0.05, 0) is 60.2 Å². The topological polar surface area (TPSA) is 92.4 Å². The summed E-state index contributed by atoms with van der Waals surface area (Å²) in [6.45, 7) is 3.30. The smallest absolute Gasteiger partial charge is 0.260 e. The van der Waals surface area contributed by atoms with Crippen molar-refractivity contribution in [3.63, 3.8) is 0 Å². The SMILES string of the molecule is Cn1cc(-c2cccc(N3CCc4c(cc5n4CCCC5)C3=O)c2CO)cc(Cc2ccc(C3CNC3)cn2)c1=O. The lowest BCUT2D eigenvalue weighted by Gasteiger charge is -2.30. The molecule has 1 aromatic carbocycles. The molecule has 6 heterocycles. The lowest BCUT2D eigenvalue weighted by atomic mass is 9.94. The lowest BCUT2D eigenvalue weighted by molar-refractivity contribution is 0.0979. The Hall–Kier alpha value is -4.01. The van der Waals surface area contributed by atoms with E-state index in [1.807, 2.05) is 47.6 Å². The van der Waals surface area contributed by atoms with E-state index < -0.39 is 0 Å². The van der Waals surface area contributed by atoms with Gasteiger partial charge in [-0.25, -0.2) is 0 Å². The van der Waals surface area contributed by atoms with Crippen molar-refractivity contribution in [3.8, 4) is 11.1 Å². The molecule has 1 amide bonds. The summed E-state index contributed by atoms with van der Waals surface area (Å²) in [7, 11) is 1.75. The first-order valence-electron chi connectivity index (χ1n) is 14.6. The Labute approximate surface area is 239 Å². The molecule has 0 unspecified atom stereocenters. The van der Waals surface area contributed by atoms with Crippen molar-refractivity contribution in [2.75, 3.05) is 24.5 Å². The van der Waals surface area contributed by atoms with Crippen LogP contribution < -0.4 is 15.8 Å². The Morgan fingerprint density at radius 3 is 2.66 bits per heavy atom. The molecule has 0 spiro atoms. The molecule has 210 valence electrons. The molecule has 2 N–H and O–H groups in total. The fourth-order valence-corrected chi connectivity index (χ4v) is 6.68. The van der Waals surface area contributed by atoms with Gasteiger partial charge in [0, 0.05) is 92.6 Å². The van der Waals surface area contributed by atoms with Crippen molar-refractivity contribution in [1.82, 2.24) is 19.4 Å². The van der Waals surface area contributed by atoms with Crippen molar-refractivity contribution in [3.05, 3.63) is 105 Å². The minimum Gasteiger partial charge on any atom is -0.392 e. The normalized spacial score (nSPS) is 16.8. The molecule has 1 fully saturated rings. The fraction of sp³-hybridized carbons (Fsp3) is 0.364. The monoisotopic (exact) mass is 549 g/mol. The standard InChI is InChI=1S/C33H35N5O3/c1-36-19-23(13-22(32(36)40)14-25-9-8-21(18-35-25)24-16-34-17-24)27-6-4-7-30(29(27)20-39)38-12-10-31-28(33(38)41)15-26-5-2-3-11-37(26)31/h4,6-9,13,15,18-19,24,34,39H,2-3,5,10-12,14,16-17,20H2,1H3. The molecule has 0 saturated carbocycles. The van der Waals surface area contributed by atoms with E-state index >= 15 is 0 Å². The summed E-state index contributed by atoms with van der Waals surface area (Å²) in [6, 6.07) is 13.9. The summed E-state index contributed by atoms with van der Waals surface area (Å²) in [6.07, 6.45) is 8.29. The van der Waals surface area contributed by atoms with E-state index in [2.05, 4.69) is 27.0 Å². The quantitative estimate of drug-likeness (QED) is 0.384. The number of aliphatic hydroxyl groups excluding tert-OH is 1. The maximum atomic E-state index is 13.8. The number of aliphatic hydroxyl groups is 1. The van der Waals surface area contributed by atoms with Gasteiger partial charge in [0.05, 0.1) is 17.9 Å². The van der Waals surface area contributed by atoms with E-state index in [0.29, 0.717) is 30.0 Å². The number of benzene rings is 1. The summed E-state index contributed by atoms with van der Waals surface area (Å²) in [5.41, 5.74) is 8.90. The molecule has 7 rings (SSSR count). The number of carbonyl (C=O) groups excluding carboxylic acids is 1. The third-order valence-corrected chi connectivity index (χ3v) is 9.05. The van der Waals surface area contributed by atoms with Crippen molar-refractivity contribution >= 4 is 11.6 Å². The van der Waals surface area contributed by atoms with Gasteiger partial charge in [0.15, 0.2) is 0 Å². The maximum absolute atomic E-state index is 13.8. The van der Waals surface area contributed by atoms with Gasteiger partial charge in [-0.15, -0.1) is 0 Å². The van der Waals surface area contributed by atoms with Crippen LogP contribution in [-0.4, -0.2) is 44.8 Å². The van der Waals surface area contributed by atoms with Gasteiger partial charge in [-0.3, -0.25) is 14.6 Å². The zero-order valence-electron chi connectivity index (χ0n) is 23.4. The third-order valence-electron chi connectivity index (χ3n) is 9.05. The van der Waals surface area contributed by atoms with E-state index in [0.717, 1.165) is 72.7 Å². The summed E-state index contributed by atoms with van der Waals surface area (Å²) in [4.78, 5) is 33.4. The van der Waals surface area contributed by atoms with E-state index in [-0.39, 0.29) is 18.1 Å². The first-order chi connectivity index (χ1) is 20.0. The van der Waals surface area contributed by atoms with Gasteiger partial charge in [0.2, 0.25) is 0 Å². The fourth-order valence-electron chi connectivity index (χ4n) is 6.68. The largest absolute Gasteiger partial charge is 0.392 e. The average molecular weight is 550 g/mol. The molecule has 4 aromatic rings. The number of rotatable bonds is 6. The summed E-state index contributed by atoms with van der Waals surface area (Å²) >= 11 is 0. The predicted molar refractivity (Wildman–Crippen MR) is 158 cm³/mol. The van der Waals surface area contributed by atoms with Crippen LogP contribution in [0.4, 0.5) is 5.69 Å². The number of pyridine rings is 2. The molecule has 3 aliphatic heterocycles. The molecule has 8 nitrogen and oxygen atoms in total. The highest BCUT2D eigenvalue weighted by Crippen LogP contribution is 2.36. The number of amides is 1. The third kappa shape index (κ3) is 4.51. The number of nitrogens with zero attached hydrogens (tertiary/aromatic N) is 4. The van der Waals surface area contributed by atoms with E-state index in [1.54, 1.807) is 11.6 Å². The molecule has 41 heavy (non-hydrogen) atoms. The molecule has 3 aliphatic rings. The minimum absolute atomic E-state index is 0.00615. The molecule has 0 bridgehead atoms. The second-order valence-electron chi connectivity index (χ2n) is 11.6. The average Bonchev–Trinajstić information content (AvgIpc) is 3.35. The van der Waals surface area contributed by atoms with E-state index in [1.165, 1.54) is 17.7 Å². The Bertz CT molecular complexity index is 1700. The van der Waals surface area contributed by atoms with E-state index in [4.69, 9.17) is 0 Å². The lowest BCUT2D eigenvalue weighted by Crippen LogP contribution is -2.39. The highest BCUT2D eigenvalue weighted by Gasteiger charge is 2.32. The molecule has 3 aromatic heterocycles. The van der Waals surface area contributed by atoms with Gasteiger partial charge in [0.1, 0.15) is 0 Å². The van der Waals surface area contributed by atoms with Crippen molar-refractivity contribution < 1.29 is 9.90 Å². The first-order valence-corrected chi connectivity index (χ1v) is 14.6. The zero-order chi connectivity index (χ0) is 28.1. The second kappa shape index (κ2) is 10.4. The van der Waals surface area contributed by atoms with Crippen LogP contribution in [0.25, 0.3) is 11.1 Å². The number of hydrogen-bond donors (Lipinski definition) is 2. The summed E-state index contributed by atoms with van der Waals surface area (Å²) in [5.74, 6) is 0.506. The van der Waals surface area contributed by atoms with Gasteiger partial charge < -0.3 is 24.5 Å².